The van der Waals surface area contributed by atoms with Crippen molar-refractivity contribution in [3.05, 3.63) is 94.0 Å². The van der Waals surface area contributed by atoms with Gasteiger partial charge in [-0.25, -0.2) is 4.79 Å². The molecule has 3 rings (SSSR count). The minimum Gasteiger partial charge on any atom is -0.492 e. The zero-order valence-electron chi connectivity index (χ0n) is 16.6. The Morgan fingerprint density at radius 1 is 0.967 bits per heavy atom. The van der Waals surface area contributed by atoms with Gasteiger partial charge in [-0.05, 0) is 55.0 Å². The van der Waals surface area contributed by atoms with Gasteiger partial charge in [0.2, 0.25) is 0 Å². The van der Waals surface area contributed by atoms with Gasteiger partial charge < -0.3 is 14.8 Å². The molecule has 5 nitrogen and oxygen atoms in total. The highest BCUT2D eigenvalue weighted by Gasteiger charge is 2.14. The molecule has 0 bridgehead atoms. The van der Waals surface area contributed by atoms with E-state index >= 15 is 0 Å². The van der Waals surface area contributed by atoms with Crippen LogP contribution < -0.4 is 10.1 Å². The summed E-state index contributed by atoms with van der Waals surface area (Å²) in [5.74, 6) is -0.180. The third kappa shape index (κ3) is 5.94. The standard InChI is InChI=1S/C24H22BrNO4/c1-2-29-24(28)18-8-11-20(12-9-18)26-23(27)21-16-19(25)10-13-22(21)30-15-14-17-6-4-3-5-7-17/h3-13,16H,2,14-15H2,1H3,(H,26,27). The molecule has 0 radical (unpaired) electrons. The Bertz CT molecular complexity index is 1000. The first-order valence-electron chi connectivity index (χ1n) is 9.61. The summed E-state index contributed by atoms with van der Waals surface area (Å²) in [6.45, 7) is 2.53. The van der Waals surface area contributed by atoms with Gasteiger partial charge in [0, 0.05) is 16.6 Å². The zero-order chi connectivity index (χ0) is 21.3. The van der Waals surface area contributed by atoms with E-state index in [0.29, 0.717) is 35.8 Å². The Kier molecular flexibility index (Phi) is 7.63. The van der Waals surface area contributed by atoms with E-state index in [-0.39, 0.29) is 5.91 Å². The van der Waals surface area contributed by atoms with Crippen LogP contribution in [0.3, 0.4) is 0 Å². The van der Waals surface area contributed by atoms with E-state index in [9.17, 15) is 9.59 Å². The molecule has 3 aromatic rings. The summed E-state index contributed by atoms with van der Waals surface area (Å²) in [6, 6.07) is 21.9. The van der Waals surface area contributed by atoms with Crippen LogP contribution in [0, 0.1) is 0 Å². The normalized spacial score (nSPS) is 10.3. The van der Waals surface area contributed by atoms with Gasteiger partial charge in [0.05, 0.1) is 24.3 Å². The van der Waals surface area contributed by atoms with E-state index in [1.165, 1.54) is 5.56 Å². The lowest BCUT2D eigenvalue weighted by molar-refractivity contribution is 0.0526. The van der Waals surface area contributed by atoms with Gasteiger partial charge in [0.25, 0.3) is 5.91 Å². The molecular formula is C24H22BrNO4. The third-order valence-electron chi connectivity index (χ3n) is 4.33. The monoisotopic (exact) mass is 467 g/mol. The predicted octanol–water partition coefficient (Wildman–Crippen LogP) is 5.50. The lowest BCUT2D eigenvalue weighted by Crippen LogP contribution is -2.14. The molecule has 154 valence electrons. The number of benzene rings is 3. The number of esters is 1. The number of halogens is 1. The molecule has 30 heavy (non-hydrogen) atoms. The minimum absolute atomic E-state index is 0.296. The van der Waals surface area contributed by atoms with Crippen LogP contribution >= 0.6 is 15.9 Å². The first kappa shape index (κ1) is 21.6. The number of hydrogen-bond acceptors (Lipinski definition) is 4. The van der Waals surface area contributed by atoms with Crippen molar-refractivity contribution in [3.63, 3.8) is 0 Å². The quantitative estimate of drug-likeness (QED) is 0.444. The van der Waals surface area contributed by atoms with E-state index in [0.717, 1.165) is 10.9 Å². The predicted molar refractivity (Wildman–Crippen MR) is 120 cm³/mol. The molecule has 0 spiro atoms. The Morgan fingerprint density at radius 3 is 2.40 bits per heavy atom. The van der Waals surface area contributed by atoms with Gasteiger partial charge >= 0.3 is 5.97 Å². The van der Waals surface area contributed by atoms with Crippen molar-refractivity contribution in [1.29, 1.82) is 0 Å². The van der Waals surface area contributed by atoms with Crippen LogP contribution in [0.1, 0.15) is 33.2 Å². The third-order valence-corrected chi connectivity index (χ3v) is 4.82. The zero-order valence-corrected chi connectivity index (χ0v) is 18.1. The van der Waals surface area contributed by atoms with E-state index in [1.54, 1.807) is 43.3 Å². The van der Waals surface area contributed by atoms with Crippen LogP contribution in [0.5, 0.6) is 5.75 Å². The summed E-state index contributed by atoms with van der Waals surface area (Å²) in [6.07, 6.45) is 0.743. The summed E-state index contributed by atoms with van der Waals surface area (Å²) < 4.78 is 11.6. The number of anilines is 1. The average Bonchev–Trinajstić information content (AvgIpc) is 2.76. The highest BCUT2D eigenvalue weighted by molar-refractivity contribution is 9.10. The maximum atomic E-state index is 12.8. The number of hydrogen-bond donors (Lipinski definition) is 1. The molecule has 0 aliphatic carbocycles. The van der Waals surface area contributed by atoms with Crippen molar-refractivity contribution < 1.29 is 19.1 Å². The molecule has 0 saturated heterocycles. The molecule has 0 saturated carbocycles. The van der Waals surface area contributed by atoms with Crippen LogP contribution in [0.4, 0.5) is 5.69 Å². The van der Waals surface area contributed by atoms with E-state index in [2.05, 4.69) is 21.2 Å². The summed E-state index contributed by atoms with van der Waals surface area (Å²) in [7, 11) is 0. The molecule has 0 heterocycles. The second kappa shape index (κ2) is 10.6. The molecule has 0 atom stereocenters. The van der Waals surface area contributed by atoms with Gasteiger partial charge in [-0.15, -0.1) is 0 Å². The molecule has 3 aromatic carbocycles. The molecule has 0 aliphatic rings. The van der Waals surface area contributed by atoms with Crippen LogP contribution in [0.25, 0.3) is 0 Å². The van der Waals surface area contributed by atoms with Crippen molar-refractivity contribution in [2.45, 2.75) is 13.3 Å². The molecule has 0 fully saturated rings. The highest BCUT2D eigenvalue weighted by Crippen LogP contribution is 2.25. The molecular weight excluding hydrogens is 446 g/mol. The second-order valence-electron chi connectivity index (χ2n) is 6.48. The van der Waals surface area contributed by atoms with Gasteiger partial charge in [0.1, 0.15) is 5.75 Å². The fourth-order valence-electron chi connectivity index (χ4n) is 2.83. The smallest absolute Gasteiger partial charge is 0.338 e. The second-order valence-corrected chi connectivity index (χ2v) is 7.39. The van der Waals surface area contributed by atoms with Crippen LogP contribution in [0.2, 0.25) is 0 Å². The topological polar surface area (TPSA) is 64.6 Å². The Morgan fingerprint density at radius 2 is 1.70 bits per heavy atom. The van der Waals surface area contributed by atoms with Crippen molar-refractivity contribution in [1.82, 2.24) is 0 Å². The number of ether oxygens (including phenoxy) is 2. The molecule has 1 amide bonds. The minimum atomic E-state index is -0.392. The Labute approximate surface area is 184 Å². The number of carbonyl (C=O) groups excluding carboxylic acids is 2. The number of nitrogens with one attached hydrogen (secondary N) is 1. The maximum Gasteiger partial charge on any atom is 0.338 e. The molecule has 0 aromatic heterocycles. The largest absolute Gasteiger partial charge is 0.492 e. The van der Waals surface area contributed by atoms with Gasteiger partial charge in [-0.2, -0.15) is 0 Å². The van der Waals surface area contributed by atoms with Crippen LogP contribution in [0.15, 0.2) is 77.3 Å². The van der Waals surface area contributed by atoms with Crippen molar-refractivity contribution >= 4 is 33.5 Å². The highest BCUT2D eigenvalue weighted by atomic mass is 79.9. The lowest BCUT2D eigenvalue weighted by atomic mass is 10.1. The van der Waals surface area contributed by atoms with E-state index in [1.807, 2.05) is 36.4 Å². The Hall–Kier alpha value is -3.12. The van der Waals surface area contributed by atoms with E-state index < -0.39 is 5.97 Å². The fourth-order valence-corrected chi connectivity index (χ4v) is 3.19. The lowest BCUT2D eigenvalue weighted by Gasteiger charge is -2.13. The molecule has 0 aliphatic heterocycles. The molecule has 1 N–H and O–H groups in total. The Balaban J connectivity index is 1.67. The van der Waals surface area contributed by atoms with Crippen LogP contribution in [-0.4, -0.2) is 25.1 Å². The summed E-state index contributed by atoms with van der Waals surface area (Å²) in [5.41, 5.74) is 2.60. The van der Waals surface area contributed by atoms with Gasteiger partial charge in [-0.1, -0.05) is 46.3 Å². The van der Waals surface area contributed by atoms with Gasteiger partial charge in [-0.3, -0.25) is 4.79 Å². The molecule has 0 unspecified atom stereocenters. The average molecular weight is 468 g/mol. The summed E-state index contributed by atoms with van der Waals surface area (Å²) in [5, 5.41) is 2.84. The first-order chi connectivity index (χ1) is 14.6. The number of amides is 1. The van der Waals surface area contributed by atoms with Gasteiger partial charge in [0.15, 0.2) is 0 Å². The van der Waals surface area contributed by atoms with Crippen LogP contribution in [-0.2, 0) is 11.2 Å². The van der Waals surface area contributed by atoms with Crippen molar-refractivity contribution in [3.8, 4) is 5.75 Å². The van der Waals surface area contributed by atoms with Crippen molar-refractivity contribution in [2.75, 3.05) is 18.5 Å². The van der Waals surface area contributed by atoms with E-state index in [4.69, 9.17) is 9.47 Å². The molecule has 6 heteroatoms. The maximum absolute atomic E-state index is 12.8. The SMILES string of the molecule is CCOC(=O)c1ccc(NC(=O)c2cc(Br)ccc2OCCc2ccccc2)cc1. The fraction of sp³-hybridized carbons (Fsp3) is 0.167. The summed E-state index contributed by atoms with van der Waals surface area (Å²) in [4.78, 5) is 24.6. The first-order valence-corrected chi connectivity index (χ1v) is 10.4. The summed E-state index contributed by atoms with van der Waals surface area (Å²) >= 11 is 3.41. The number of carbonyl (C=O) groups is 2. The van der Waals surface area contributed by atoms with Crippen molar-refractivity contribution in [2.24, 2.45) is 0 Å². The number of rotatable bonds is 8.